The van der Waals surface area contributed by atoms with Crippen LogP contribution in [0.1, 0.15) is 6.92 Å². The lowest BCUT2D eigenvalue weighted by Crippen LogP contribution is -1.78. The highest BCUT2D eigenvalue weighted by Crippen LogP contribution is 1.42. The van der Waals surface area contributed by atoms with Crippen LogP contribution >= 0.6 is 0 Å². The molecule has 0 saturated carbocycles. The quantitative estimate of drug-likeness (QED) is 0.416. The minimum Gasteiger partial charge on any atom is -0.481 e. The summed E-state index contributed by atoms with van der Waals surface area (Å²) < 4.78 is 0. The fourth-order valence-electron chi connectivity index (χ4n) is 0. The molecule has 0 radical (unpaired) electrons. The van der Waals surface area contributed by atoms with E-state index in [0.717, 1.165) is 6.92 Å². The summed E-state index contributed by atoms with van der Waals surface area (Å²) >= 11 is 0. The summed E-state index contributed by atoms with van der Waals surface area (Å²) in [5.74, 6) is -0.833. The van der Waals surface area contributed by atoms with E-state index >= 15 is 0 Å². The zero-order valence-electron chi connectivity index (χ0n) is 6.86. The lowest BCUT2D eigenvalue weighted by molar-refractivity contribution is -0.134. The summed E-state index contributed by atoms with van der Waals surface area (Å²) in [6.45, 7) is 1.08. The molecule has 0 amide bonds. The van der Waals surface area contributed by atoms with Crippen molar-refractivity contribution in [3.63, 3.8) is 0 Å². The second kappa shape index (κ2) is 255. The zero-order valence-corrected chi connectivity index (χ0v) is 6.86. The number of aliphatic carboxylic acids is 1. The summed E-state index contributed by atoms with van der Waals surface area (Å²) in [6, 6.07) is 0. The number of carbonyl (C=O) groups is 1. The molecule has 0 aliphatic carbocycles. The predicted octanol–water partition coefficient (Wildman–Crippen LogP) is -7.33. The first-order valence-electron chi connectivity index (χ1n) is 0.928. The molecule has 96 valence electrons. The molecule has 0 rings (SSSR count). The molecule has 0 aliphatic rings. The monoisotopic (exact) mass is 222 g/mol. The molecule has 0 fully saturated rings. The van der Waals surface area contributed by atoms with Gasteiger partial charge in [-0.1, -0.05) is 0 Å². The highest BCUT2D eigenvalue weighted by Gasteiger charge is 1.65. The van der Waals surface area contributed by atoms with Gasteiger partial charge in [0.05, 0.1) is 0 Å². The minimum atomic E-state index is -0.833. The Kier molecular flexibility index (Phi) is 6590. The van der Waals surface area contributed by atoms with E-state index in [4.69, 9.17) is 9.90 Å². The van der Waals surface area contributed by atoms with Crippen molar-refractivity contribution in [2.75, 3.05) is 0 Å². The molecule has 0 aromatic rings. The van der Waals surface area contributed by atoms with E-state index in [1.165, 1.54) is 0 Å². The second-order valence-electron chi connectivity index (χ2n) is 0.519. The highest BCUT2D eigenvalue weighted by molar-refractivity contribution is 5.62. The Bertz CT molecular complexity index is 31.1. The van der Waals surface area contributed by atoms with Gasteiger partial charge in [-0.15, -0.1) is 0 Å². The number of hydrogen-bond donors (Lipinski definition) is 1. The van der Waals surface area contributed by atoms with E-state index in [1.807, 2.05) is 0 Å². The predicted molar refractivity (Wildman–Crippen MR) is 45.8 cm³/mol. The summed E-state index contributed by atoms with van der Waals surface area (Å²) in [4.78, 5) is 9.00. The Balaban J connectivity index is -0.00000000125. The van der Waals surface area contributed by atoms with E-state index in [0.29, 0.717) is 0 Å². The van der Waals surface area contributed by atoms with Gasteiger partial charge in [-0.05, 0) is 0 Å². The summed E-state index contributed by atoms with van der Waals surface area (Å²) in [5.41, 5.74) is 0. The molecule has 0 aromatic carbocycles. The third kappa shape index (κ3) is 1160. The Morgan fingerprint density at radius 1 is 0.692 bits per heavy atom. The first kappa shape index (κ1) is 336. The molecule has 0 spiro atoms. The van der Waals surface area contributed by atoms with Gasteiger partial charge in [-0.25, -0.2) is 0 Å². The van der Waals surface area contributed by atoms with Gasteiger partial charge in [0.25, 0.3) is 5.97 Å². The molecule has 11 heteroatoms. The first-order chi connectivity index (χ1) is 1.73. The van der Waals surface area contributed by atoms with Gasteiger partial charge in [0.15, 0.2) is 0 Å². The molecule has 0 bridgehead atoms. The van der Waals surface area contributed by atoms with Crippen LogP contribution in [0.25, 0.3) is 0 Å². The number of hydrogen-bond acceptors (Lipinski definition) is 1. The fraction of sp³-hybridized carbons (Fsp3) is 0.500. The van der Waals surface area contributed by atoms with Crippen molar-refractivity contribution in [3.05, 3.63) is 0 Å². The molecule has 0 atom stereocenters. The Morgan fingerprint density at radius 3 is 0.692 bits per heavy atom. The van der Waals surface area contributed by atoms with E-state index in [1.54, 1.807) is 0 Å². The van der Waals surface area contributed by atoms with Crippen molar-refractivity contribution < 1.29 is 59.2 Å². The van der Waals surface area contributed by atoms with Gasteiger partial charge in [0.1, 0.15) is 0 Å². The summed E-state index contributed by atoms with van der Waals surface area (Å²) in [6.07, 6.45) is 0. The second-order valence-corrected chi connectivity index (χ2v) is 0.519. The van der Waals surface area contributed by atoms with Crippen LogP contribution in [0, 0.1) is 0 Å². The van der Waals surface area contributed by atoms with Crippen LogP contribution in [0.2, 0.25) is 0 Å². The Hall–Kier alpha value is -0.890. The summed E-state index contributed by atoms with van der Waals surface area (Å²) in [7, 11) is 0. The molecule has 19 N–H and O–H groups in total. The molecule has 0 unspecified atom stereocenters. The van der Waals surface area contributed by atoms with E-state index in [2.05, 4.69) is 0 Å². The van der Waals surface area contributed by atoms with Crippen molar-refractivity contribution in [2.24, 2.45) is 0 Å². The maximum absolute atomic E-state index is 9.00. The SMILES string of the molecule is CC(=O)O.O.O.O.O.O.O.O.O.O. The van der Waals surface area contributed by atoms with E-state index in [9.17, 15) is 0 Å². The minimum absolute atomic E-state index is 0. The lowest BCUT2D eigenvalue weighted by atomic mass is 10.9. The van der Waals surface area contributed by atoms with Crippen LogP contribution in [-0.2, 0) is 4.79 Å². The largest absolute Gasteiger partial charge is 0.481 e. The van der Waals surface area contributed by atoms with Crippen molar-refractivity contribution in [2.45, 2.75) is 6.92 Å². The van der Waals surface area contributed by atoms with Gasteiger partial charge in [-0.3, -0.25) is 4.79 Å². The number of carboxylic acids is 1. The van der Waals surface area contributed by atoms with Gasteiger partial charge >= 0.3 is 0 Å². The maximum Gasteiger partial charge on any atom is 0.300 e. The fourth-order valence-corrected chi connectivity index (χ4v) is 0. The van der Waals surface area contributed by atoms with Gasteiger partial charge in [-0.2, -0.15) is 0 Å². The average molecular weight is 222 g/mol. The molecule has 11 nitrogen and oxygen atoms in total. The molecule has 0 aliphatic heterocycles. The normalized spacial score (nSPS) is 1.92. The number of rotatable bonds is 0. The van der Waals surface area contributed by atoms with E-state index in [-0.39, 0.29) is 49.3 Å². The third-order valence-electron chi connectivity index (χ3n) is 0. The average Bonchev–Trinajstić information content (AvgIpc) is 0.811. The molecule has 0 saturated heterocycles. The van der Waals surface area contributed by atoms with Gasteiger partial charge in [0.2, 0.25) is 0 Å². The zero-order chi connectivity index (χ0) is 3.58. The smallest absolute Gasteiger partial charge is 0.300 e. The molecular weight excluding hydrogens is 200 g/mol. The maximum atomic E-state index is 9.00. The molecular formula is C2H22O11. The number of carboxylic acid groups (broad SMARTS) is 1. The Morgan fingerprint density at radius 2 is 0.692 bits per heavy atom. The topological polar surface area (TPSA) is 321 Å². The third-order valence-corrected chi connectivity index (χ3v) is 0. The lowest BCUT2D eigenvalue weighted by Gasteiger charge is -1.59. The van der Waals surface area contributed by atoms with Crippen LogP contribution in [0.5, 0.6) is 0 Å². The van der Waals surface area contributed by atoms with Crippen LogP contribution in [0.15, 0.2) is 0 Å². The van der Waals surface area contributed by atoms with Gasteiger partial charge in [0, 0.05) is 6.92 Å². The van der Waals surface area contributed by atoms with Crippen LogP contribution < -0.4 is 0 Å². The molecule has 0 heterocycles. The van der Waals surface area contributed by atoms with E-state index < -0.39 is 5.97 Å². The van der Waals surface area contributed by atoms with Gasteiger partial charge < -0.3 is 54.4 Å². The summed E-state index contributed by atoms with van der Waals surface area (Å²) in [5, 5.41) is 7.42. The highest BCUT2D eigenvalue weighted by atomic mass is 16.4. The van der Waals surface area contributed by atoms with Crippen LogP contribution in [0.4, 0.5) is 0 Å². The van der Waals surface area contributed by atoms with Crippen LogP contribution in [-0.4, -0.2) is 60.4 Å². The van der Waals surface area contributed by atoms with Crippen molar-refractivity contribution in [1.82, 2.24) is 0 Å². The molecule has 13 heavy (non-hydrogen) atoms. The first-order valence-corrected chi connectivity index (χ1v) is 0.928. The van der Waals surface area contributed by atoms with Crippen molar-refractivity contribution in [3.8, 4) is 0 Å². The molecule has 0 aromatic heterocycles. The Labute approximate surface area is 73.4 Å². The van der Waals surface area contributed by atoms with Crippen LogP contribution in [0.3, 0.4) is 0 Å². The van der Waals surface area contributed by atoms with Crippen molar-refractivity contribution >= 4 is 5.97 Å². The van der Waals surface area contributed by atoms with Crippen molar-refractivity contribution in [1.29, 1.82) is 0 Å². The standard InChI is InChI=1S/C2H4O2.9H2O/c1-2(3)4;;;;;;;;;/h1H3,(H,3,4);9*1H2.